The van der Waals surface area contributed by atoms with Gasteiger partial charge in [0.2, 0.25) is 0 Å². The monoisotopic (exact) mass is 355 g/mol. The summed E-state index contributed by atoms with van der Waals surface area (Å²) in [7, 11) is 0. The van der Waals surface area contributed by atoms with Crippen molar-refractivity contribution < 1.29 is 9.13 Å². The van der Waals surface area contributed by atoms with Crippen LogP contribution in [0, 0.1) is 12.7 Å². The van der Waals surface area contributed by atoms with Crippen LogP contribution in [0.15, 0.2) is 16.6 Å². The van der Waals surface area contributed by atoms with Crippen LogP contribution in [-0.2, 0) is 19.6 Å². The average Bonchev–Trinajstić information content (AvgIpc) is 2.77. The first-order valence-electron chi connectivity index (χ1n) is 6.90. The van der Waals surface area contributed by atoms with E-state index in [0.717, 1.165) is 34.4 Å². The fourth-order valence-corrected chi connectivity index (χ4v) is 2.76. The molecule has 1 aromatic carbocycles. The molecule has 0 atom stereocenters. The Morgan fingerprint density at radius 3 is 2.71 bits per heavy atom. The zero-order valence-corrected chi connectivity index (χ0v) is 14.0. The molecule has 0 aliphatic rings. The van der Waals surface area contributed by atoms with Crippen molar-refractivity contribution >= 4 is 21.6 Å². The number of nitrogen functional groups attached to an aromatic ring is 1. The Balaban J connectivity index is 2.24. The van der Waals surface area contributed by atoms with Gasteiger partial charge in [-0.2, -0.15) is 5.10 Å². The number of hydrogen-bond donors (Lipinski definition) is 1. The lowest BCUT2D eigenvalue weighted by molar-refractivity contribution is 0.277. The van der Waals surface area contributed by atoms with Crippen LogP contribution in [0.1, 0.15) is 30.8 Å². The van der Waals surface area contributed by atoms with E-state index in [9.17, 15) is 4.39 Å². The topological polar surface area (TPSA) is 53.1 Å². The van der Waals surface area contributed by atoms with E-state index in [1.54, 1.807) is 6.07 Å². The highest BCUT2D eigenvalue weighted by Crippen LogP contribution is 2.27. The van der Waals surface area contributed by atoms with Crippen molar-refractivity contribution in [3.63, 3.8) is 0 Å². The number of aryl methyl sites for hydroxylation is 3. The summed E-state index contributed by atoms with van der Waals surface area (Å²) in [6.07, 6.45) is 0.829. The Morgan fingerprint density at radius 1 is 1.38 bits per heavy atom. The van der Waals surface area contributed by atoms with E-state index >= 15 is 0 Å². The van der Waals surface area contributed by atoms with Gasteiger partial charge in [0.05, 0.1) is 15.9 Å². The molecule has 2 aromatic rings. The lowest BCUT2D eigenvalue weighted by Gasteiger charge is -2.11. The van der Waals surface area contributed by atoms with Gasteiger partial charge in [-0.1, -0.05) is 6.92 Å². The molecule has 0 saturated carbocycles. The van der Waals surface area contributed by atoms with Crippen molar-refractivity contribution in [3.05, 3.63) is 39.4 Å². The zero-order chi connectivity index (χ0) is 15.6. The fourth-order valence-electron chi connectivity index (χ4n) is 2.08. The quantitative estimate of drug-likeness (QED) is 0.829. The van der Waals surface area contributed by atoms with Gasteiger partial charge in [0.15, 0.2) is 11.6 Å². The summed E-state index contributed by atoms with van der Waals surface area (Å²) >= 11 is 3.54. The van der Waals surface area contributed by atoms with E-state index in [0.29, 0.717) is 5.69 Å². The first-order valence-corrected chi connectivity index (χ1v) is 7.69. The maximum Gasteiger partial charge on any atom is 0.167 e. The molecule has 114 valence electrons. The summed E-state index contributed by atoms with van der Waals surface area (Å²) in [4.78, 5) is 0. The Kier molecular flexibility index (Phi) is 4.88. The third kappa shape index (κ3) is 3.20. The molecule has 0 saturated heterocycles. The van der Waals surface area contributed by atoms with Crippen LogP contribution in [0.3, 0.4) is 0 Å². The molecule has 0 radical (unpaired) electrons. The highest BCUT2D eigenvalue weighted by molar-refractivity contribution is 9.10. The molecule has 0 unspecified atom stereocenters. The van der Waals surface area contributed by atoms with Gasteiger partial charge in [-0.05, 0) is 47.8 Å². The van der Waals surface area contributed by atoms with Gasteiger partial charge in [0, 0.05) is 18.3 Å². The van der Waals surface area contributed by atoms with Gasteiger partial charge >= 0.3 is 0 Å². The maximum atomic E-state index is 13.8. The molecule has 1 heterocycles. The molecule has 6 heteroatoms. The molecule has 0 spiro atoms. The molecule has 1 aromatic heterocycles. The molecule has 0 bridgehead atoms. The van der Waals surface area contributed by atoms with Crippen LogP contribution in [0.4, 0.5) is 10.1 Å². The molecule has 0 amide bonds. The molecule has 4 nitrogen and oxygen atoms in total. The molecular weight excluding hydrogens is 337 g/mol. The normalized spacial score (nSPS) is 10.9. The van der Waals surface area contributed by atoms with Crippen LogP contribution in [0.25, 0.3) is 0 Å². The first kappa shape index (κ1) is 15.8. The lowest BCUT2D eigenvalue weighted by atomic mass is 10.2. The third-order valence-corrected chi connectivity index (χ3v) is 4.29. The summed E-state index contributed by atoms with van der Waals surface area (Å²) in [5.41, 5.74) is 8.77. The number of nitrogens with zero attached hydrogens (tertiary/aromatic N) is 2. The van der Waals surface area contributed by atoms with E-state index in [1.807, 2.05) is 25.5 Å². The van der Waals surface area contributed by atoms with Crippen LogP contribution in [0.5, 0.6) is 5.75 Å². The minimum absolute atomic E-state index is 0.204. The van der Waals surface area contributed by atoms with E-state index in [1.165, 1.54) is 6.07 Å². The molecule has 2 N–H and O–H groups in total. The van der Waals surface area contributed by atoms with Crippen molar-refractivity contribution in [2.75, 3.05) is 5.73 Å². The zero-order valence-electron chi connectivity index (χ0n) is 12.4. The minimum atomic E-state index is -0.451. The molecule has 0 fully saturated rings. The first-order chi connectivity index (χ1) is 9.97. The van der Waals surface area contributed by atoms with Gasteiger partial charge in [-0.3, -0.25) is 4.68 Å². The molecule has 21 heavy (non-hydrogen) atoms. The van der Waals surface area contributed by atoms with Crippen molar-refractivity contribution in [2.24, 2.45) is 0 Å². The number of nitrogens with two attached hydrogens (primary N) is 1. The summed E-state index contributed by atoms with van der Waals surface area (Å²) in [6, 6.07) is 2.90. The smallest absolute Gasteiger partial charge is 0.167 e. The third-order valence-electron chi connectivity index (χ3n) is 3.38. The van der Waals surface area contributed by atoms with E-state index < -0.39 is 5.82 Å². The molecule has 0 aliphatic heterocycles. The van der Waals surface area contributed by atoms with Gasteiger partial charge < -0.3 is 10.5 Å². The van der Waals surface area contributed by atoms with E-state index in [-0.39, 0.29) is 12.4 Å². The maximum absolute atomic E-state index is 13.8. The predicted octanol–water partition coefficient (Wildman–Crippen LogP) is 3.84. The van der Waals surface area contributed by atoms with Crippen LogP contribution in [0.2, 0.25) is 0 Å². The second-order valence-electron chi connectivity index (χ2n) is 4.80. The second kappa shape index (κ2) is 6.47. The Bertz CT molecular complexity index is 655. The number of anilines is 1. The number of ether oxygens (including phenoxy) is 1. The predicted molar refractivity (Wildman–Crippen MR) is 84.9 cm³/mol. The van der Waals surface area contributed by atoms with Gasteiger partial charge in [-0.25, -0.2) is 4.39 Å². The van der Waals surface area contributed by atoms with Crippen molar-refractivity contribution in [3.8, 4) is 5.75 Å². The van der Waals surface area contributed by atoms with Gasteiger partial charge in [0.1, 0.15) is 6.61 Å². The molecule has 2 rings (SSSR count). The standard InChI is InChI=1S/C15H19BrFN3O/c1-4-12-15(16)13(20(5-2)19-12)8-21-14-6-9(3)11(18)7-10(14)17/h6-7H,4-5,8,18H2,1-3H3. The molecular formula is C15H19BrFN3O. The number of halogens is 2. The van der Waals surface area contributed by atoms with Crippen LogP contribution >= 0.6 is 15.9 Å². The number of aromatic nitrogens is 2. The summed E-state index contributed by atoms with van der Waals surface area (Å²) < 4.78 is 22.3. The summed E-state index contributed by atoms with van der Waals surface area (Å²) in [6.45, 7) is 6.86. The van der Waals surface area contributed by atoms with Crippen LogP contribution < -0.4 is 10.5 Å². The summed E-state index contributed by atoms with van der Waals surface area (Å²) in [5, 5.41) is 4.49. The van der Waals surface area contributed by atoms with Crippen molar-refractivity contribution in [1.29, 1.82) is 0 Å². The molecule has 0 aliphatic carbocycles. The van der Waals surface area contributed by atoms with E-state index in [2.05, 4.69) is 21.0 Å². The number of hydrogen-bond acceptors (Lipinski definition) is 3. The van der Waals surface area contributed by atoms with Crippen molar-refractivity contribution in [1.82, 2.24) is 9.78 Å². The highest BCUT2D eigenvalue weighted by atomic mass is 79.9. The van der Waals surface area contributed by atoms with Crippen LogP contribution in [-0.4, -0.2) is 9.78 Å². The Morgan fingerprint density at radius 2 is 2.10 bits per heavy atom. The lowest BCUT2D eigenvalue weighted by Crippen LogP contribution is -2.07. The van der Waals surface area contributed by atoms with Crippen molar-refractivity contribution in [2.45, 2.75) is 40.3 Å². The Hall–Kier alpha value is -1.56. The largest absolute Gasteiger partial charge is 0.484 e. The van der Waals surface area contributed by atoms with Gasteiger partial charge in [-0.15, -0.1) is 0 Å². The fraction of sp³-hybridized carbons (Fsp3) is 0.400. The van der Waals surface area contributed by atoms with E-state index in [4.69, 9.17) is 10.5 Å². The Labute approximate surface area is 132 Å². The second-order valence-corrected chi connectivity index (χ2v) is 5.60. The minimum Gasteiger partial charge on any atom is -0.484 e. The number of rotatable bonds is 5. The van der Waals surface area contributed by atoms with Gasteiger partial charge in [0.25, 0.3) is 0 Å². The average molecular weight is 356 g/mol. The SMILES string of the molecule is CCc1nn(CC)c(COc2cc(C)c(N)cc2F)c1Br. The number of benzene rings is 1. The highest BCUT2D eigenvalue weighted by Gasteiger charge is 2.15. The summed E-state index contributed by atoms with van der Waals surface area (Å²) in [5.74, 6) is -0.247.